The number of benzene rings is 2. The zero-order chi connectivity index (χ0) is 17.1. The van der Waals surface area contributed by atoms with Crippen molar-refractivity contribution in [2.45, 2.75) is 0 Å². The van der Waals surface area contributed by atoms with E-state index in [1.54, 1.807) is 18.2 Å². The van der Waals surface area contributed by atoms with E-state index in [-0.39, 0.29) is 22.2 Å². The van der Waals surface area contributed by atoms with E-state index in [1.807, 2.05) is 0 Å². The van der Waals surface area contributed by atoms with Crippen molar-refractivity contribution < 1.29 is 14.3 Å². The van der Waals surface area contributed by atoms with Crippen LogP contribution in [0, 0.1) is 5.82 Å². The fourth-order valence-electron chi connectivity index (χ4n) is 2.20. The van der Waals surface area contributed by atoms with Crippen LogP contribution in [0.15, 0.2) is 58.6 Å². The van der Waals surface area contributed by atoms with Crippen LogP contribution < -0.4 is 10.9 Å². The van der Waals surface area contributed by atoms with E-state index in [4.69, 9.17) is 0 Å². The molecule has 1 aromatic heterocycles. The maximum atomic E-state index is 13.6. The minimum atomic E-state index is -0.742. The number of carbonyl (C=O) groups is 1. The van der Waals surface area contributed by atoms with Crippen LogP contribution in [0.5, 0.6) is 5.75 Å². The van der Waals surface area contributed by atoms with Gasteiger partial charge in [0.1, 0.15) is 17.1 Å². The maximum Gasteiger partial charge on any atom is 0.276 e. The highest BCUT2D eigenvalue weighted by atomic mass is 19.1. The second-order valence-electron chi connectivity index (χ2n) is 4.95. The minimum absolute atomic E-state index is 0.00882. The lowest BCUT2D eigenvalue weighted by Gasteiger charge is -2.03. The van der Waals surface area contributed by atoms with Crippen molar-refractivity contribution in [2.24, 2.45) is 5.10 Å². The molecule has 0 aliphatic carbocycles. The van der Waals surface area contributed by atoms with Crippen LogP contribution in [0.3, 0.4) is 0 Å². The molecule has 0 saturated carbocycles. The number of aromatic amines is 1. The zero-order valence-corrected chi connectivity index (χ0v) is 12.3. The SMILES string of the molecule is O=C(N/N=C/c1ccccc1O)c1c[nH]c2c(F)cccc2c1=O. The van der Waals surface area contributed by atoms with Crippen molar-refractivity contribution in [3.63, 3.8) is 0 Å². The molecule has 3 N–H and O–H groups in total. The highest BCUT2D eigenvalue weighted by molar-refractivity contribution is 5.97. The summed E-state index contributed by atoms with van der Waals surface area (Å²) in [5.74, 6) is -1.31. The van der Waals surface area contributed by atoms with Crippen molar-refractivity contribution in [1.82, 2.24) is 10.4 Å². The molecule has 24 heavy (non-hydrogen) atoms. The first-order chi connectivity index (χ1) is 11.6. The molecular formula is C17H12FN3O3. The van der Waals surface area contributed by atoms with E-state index in [2.05, 4.69) is 15.5 Å². The summed E-state index contributed by atoms with van der Waals surface area (Å²) in [5.41, 5.74) is 1.86. The number of halogens is 1. The summed E-state index contributed by atoms with van der Waals surface area (Å²) < 4.78 is 13.6. The number of H-pyrrole nitrogens is 1. The number of carbonyl (C=O) groups excluding carboxylic acids is 1. The molecule has 7 heteroatoms. The number of pyridine rings is 1. The Morgan fingerprint density at radius 3 is 2.79 bits per heavy atom. The zero-order valence-electron chi connectivity index (χ0n) is 12.3. The van der Waals surface area contributed by atoms with Crippen LogP contribution in [0.1, 0.15) is 15.9 Å². The van der Waals surface area contributed by atoms with Gasteiger partial charge in [-0.15, -0.1) is 0 Å². The van der Waals surface area contributed by atoms with E-state index >= 15 is 0 Å². The topological polar surface area (TPSA) is 94.5 Å². The number of fused-ring (bicyclic) bond motifs is 1. The van der Waals surface area contributed by atoms with Crippen molar-refractivity contribution in [2.75, 3.05) is 0 Å². The average Bonchev–Trinajstić information content (AvgIpc) is 2.57. The fourth-order valence-corrected chi connectivity index (χ4v) is 2.20. The fraction of sp³-hybridized carbons (Fsp3) is 0. The summed E-state index contributed by atoms with van der Waals surface area (Å²) in [6.45, 7) is 0. The molecular weight excluding hydrogens is 313 g/mol. The van der Waals surface area contributed by atoms with E-state index in [1.165, 1.54) is 30.5 Å². The Hall–Kier alpha value is -3.48. The van der Waals surface area contributed by atoms with Gasteiger partial charge in [0.05, 0.1) is 11.7 Å². The molecule has 2 aromatic carbocycles. The Morgan fingerprint density at radius 1 is 1.21 bits per heavy atom. The number of amides is 1. The molecule has 1 amide bonds. The van der Waals surface area contributed by atoms with Crippen LogP contribution in [-0.4, -0.2) is 22.2 Å². The summed E-state index contributed by atoms with van der Waals surface area (Å²) >= 11 is 0. The monoisotopic (exact) mass is 325 g/mol. The lowest BCUT2D eigenvalue weighted by molar-refractivity contribution is 0.0954. The number of aromatic nitrogens is 1. The second kappa shape index (κ2) is 6.33. The number of phenolic OH excluding ortho intramolecular Hbond substituents is 1. The molecule has 3 aromatic rings. The number of nitrogens with one attached hydrogen (secondary N) is 2. The number of hydrogen-bond acceptors (Lipinski definition) is 4. The lowest BCUT2D eigenvalue weighted by Crippen LogP contribution is -2.25. The molecule has 0 bridgehead atoms. The van der Waals surface area contributed by atoms with Gasteiger partial charge in [-0.25, -0.2) is 9.82 Å². The first kappa shape index (κ1) is 15.4. The second-order valence-corrected chi connectivity index (χ2v) is 4.95. The molecule has 0 fully saturated rings. The molecule has 0 radical (unpaired) electrons. The van der Waals surface area contributed by atoms with E-state index in [0.717, 1.165) is 6.20 Å². The Bertz CT molecular complexity index is 1010. The van der Waals surface area contributed by atoms with E-state index in [0.29, 0.717) is 5.56 Å². The molecule has 0 spiro atoms. The third kappa shape index (κ3) is 2.87. The predicted octanol–water partition coefficient (Wildman–Crippen LogP) is 2.14. The van der Waals surface area contributed by atoms with Crippen molar-refractivity contribution in [3.05, 3.63) is 75.8 Å². The summed E-state index contributed by atoms with van der Waals surface area (Å²) in [7, 11) is 0. The Morgan fingerprint density at radius 2 is 2.00 bits per heavy atom. The Labute approximate surface area is 135 Å². The minimum Gasteiger partial charge on any atom is -0.507 e. The van der Waals surface area contributed by atoms with Gasteiger partial charge in [-0.2, -0.15) is 5.10 Å². The number of hydrogen-bond donors (Lipinski definition) is 3. The van der Waals surface area contributed by atoms with Gasteiger partial charge in [0.25, 0.3) is 5.91 Å². The van der Waals surface area contributed by atoms with Crippen LogP contribution in [0.4, 0.5) is 4.39 Å². The van der Waals surface area contributed by atoms with Crippen molar-refractivity contribution in [3.8, 4) is 5.75 Å². The first-order valence-corrected chi connectivity index (χ1v) is 6.99. The van der Waals surface area contributed by atoms with Crippen LogP contribution >= 0.6 is 0 Å². The average molecular weight is 325 g/mol. The van der Waals surface area contributed by atoms with Gasteiger partial charge in [-0.1, -0.05) is 18.2 Å². The van der Waals surface area contributed by atoms with Crippen LogP contribution in [-0.2, 0) is 0 Å². The van der Waals surface area contributed by atoms with E-state index in [9.17, 15) is 19.1 Å². The summed E-state index contributed by atoms with van der Waals surface area (Å²) in [6, 6.07) is 10.5. The number of rotatable bonds is 3. The quantitative estimate of drug-likeness (QED) is 0.508. The van der Waals surface area contributed by atoms with Gasteiger partial charge in [0, 0.05) is 17.1 Å². The van der Waals surface area contributed by atoms with Gasteiger partial charge in [0.15, 0.2) is 0 Å². The van der Waals surface area contributed by atoms with Crippen LogP contribution in [0.25, 0.3) is 10.9 Å². The van der Waals surface area contributed by atoms with Gasteiger partial charge in [0.2, 0.25) is 5.43 Å². The van der Waals surface area contributed by atoms with Gasteiger partial charge in [-0.3, -0.25) is 9.59 Å². The molecule has 1 heterocycles. The number of phenols is 1. The molecule has 6 nitrogen and oxygen atoms in total. The number of para-hydroxylation sites is 2. The van der Waals surface area contributed by atoms with E-state index < -0.39 is 17.2 Å². The Balaban J connectivity index is 1.86. The molecule has 0 atom stereocenters. The highest BCUT2D eigenvalue weighted by Gasteiger charge is 2.13. The standard InChI is InChI=1S/C17H12FN3O3/c18-13-6-3-5-11-15(13)19-9-12(16(11)23)17(24)21-20-8-10-4-1-2-7-14(10)22/h1-9,22H,(H,19,23)(H,21,24)/b20-8+. The highest BCUT2D eigenvalue weighted by Crippen LogP contribution is 2.13. The van der Waals surface area contributed by atoms with Gasteiger partial charge >= 0.3 is 0 Å². The lowest BCUT2D eigenvalue weighted by atomic mass is 10.1. The van der Waals surface area contributed by atoms with Crippen molar-refractivity contribution >= 4 is 23.0 Å². The summed E-state index contributed by atoms with van der Waals surface area (Å²) in [5, 5.41) is 13.4. The largest absolute Gasteiger partial charge is 0.507 e. The third-order valence-electron chi connectivity index (χ3n) is 3.41. The number of aromatic hydroxyl groups is 1. The molecule has 120 valence electrons. The first-order valence-electron chi connectivity index (χ1n) is 6.99. The molecule has 0 aliphatic heterocycles. The maximum absolute atomic E-state index is 13.6. The number of hydrazone groups is 1. The van der Waals surface area contributed by atoms with Gasteiger partial charge < -0.3 is 10.1 Å². The summed E-state index contributed by atoms with van der Waals surface area (Å²) in [4.78, 5) is 26.9. The normalized spacial score (nSPS) is 11.0. The molecule has 3 rings (SSSR count). The predicted molar refractivity (Wildman–Crippen MR) is 87.7 cm³/mol. The van der Waals surface area contributed by atoms with Crippen LogP contribution in [0.2, 0.25) is 0 Å². The van der Waals surface area contributed by atoms with Crippen molar-refractivity contribution in [1.29, 1.82) is 0 Å². The Kier molecular flexibility index (Phi) is 4.07. The molecule has 0 aliphatic rings. The molecule has 0 unspecified atom stereocenters. The smallest absolute Gasteiger partial charge is 0.276 e. The summed E-state index contributed by atoms with van der Waals surface area (Å²) in [6.07, 6.45) is 2.39. The molecule has 0 saturated heterocycles. The van der Waals surface area contributed by atoms with Gasteiger partial charge in [-0.05, 0) is 24.3 Å². The number of nitrogens with zero attached hydrogens (tertiary/aromatic N) is 1. The third-order valence-corrected chi connectivity index (χ3v) is 3.41.